The molecule has 1 heterocycles. The van der Waals surface area contributed by atoms with E-state index in [1.165, 1.54) is 19.3 Å². The van der Waals surface area contributed by atoms with Crippen molar-refractivity contribution in [3.63, 3.8) is 0 Å². The number of aliphatic hydroxyl groups is 1. The van der Waals surface area contributed by atoms with Crippen LogP contribution < -0.4 is 15.5 Å². The van der Waals surface area contributed by atoms with Crippen LogP contribution in [-0.2, 0) is 0 Å². The molecule has 1 unspecified atom stereocenters. The normalized spacial score (nSPS) is 20.7. The number of nitrogens with zero attached hydrogens (tertiary/aromatic N) is 1. The summed E-state index contributed by atoms with van der Waals surface area (Å²) in [6.45, 7) is 4.05. The van der Waals surface area contributed by atoms with Crippen molar-refractivity contribution in [3.8, 4) is 0 Å². The fourth-order valence-electron chi connectivity index (χ4n) is 3.35. The molecule has 23 heavy (non-hydrogen) atoms. The van der Waals surface area contributed by atoms with Crippen molar-refractivity contribution in [2.75, 3.05) is 29.9 Å². The van der Waals surface area contributed by atoms with Gasteiger partial charge in [-0.3, -0.25) is 0 Å². The molecular weight excluding hydrogens is 290 g/mol. The van der Waals surface area contributed by atoms with Crippen molar-refractivity contribution in [1.82, 2.24) is 5.32 Å². The van der Waals surface area contributed by atoms with Gasteiger partial charge in [-0.2, -0.15) is 0 Å². The lowest BCUT2D eigenvalue weighted by molar-refractivity contribution is 0.159. The van der Waals surface area contributed by atoms with Crippen molar-refractivity contribution in [3.05, 3.63) is 24.3 Å². The molecule has 2 fully saturated rings. The number of hydrogen-bond acceptors (Lipinski definition) is 3. The Morgan fingerprint density at radius 3 is 2.70 bits per heavy atom. The summed E-state index contributed by atoms with van der Waals surface area (Å²) in [7, 11) is 0. The fourth-order valence-corrected chi connectivity index (χ4v) is 3.35. The van der Waals surface area contributed by atoms with E-state index in [4.69, 9.17) is 0 Å². The third-order valence-corrected chi connectivity index (χ3v) is 5.03. The van der Waals surface area contributed by atoms with Gasteiger partial charge in [0.1, 0.15) is 0 Å². The van der Waals surface area contributed by atoms with Gasteiger partial charge in [0, 0.05) is 24.5 Å². The highest BCUT2D eigenvalue weighted by atomic mass is 16.3. The molecule has 2 amide bonds. The van der Waals surface area contributed by atoms with Gasteiger partial charge in [0.2, 0.25) is 0 Å². The molecule has 1 aromatic rings. The van der Waals surface area contributed by atoms with Crippen molar-refractivity contribution in [1.29, 1.82) is 0 Å². The SMILES string of the molecule is CC(CO)(NC(=O)Nc1cccc(N2CCCCC2)c1)C1CC1. The number of rotatable bonds is 5. The number of anilines is 2. The Hall–Kier alpha value is -1.75. The van der Waals surface area contributed by atoms with Crippen LogP contribution in [0.5, 0.6) is 0 Å². The van der Waals surface area contributed by atoms with Crippen LogP contribution in [0.15, 0.2) is 24.3 Å². The summed E-state index contributed by atoms with van der Waals surface area (Å²) in [5.74, 6) is 0.387. The summed E-state index contributed by atoms with van der Waals surface area (Å²) in [5.41, 5.74) is 1.44. The van der Waals surface area contributed by atoms with Gasteiger partial charge in [-0.05, 0) is 63.1 Å². The molecular formula is C18H27N3O2. The molecule has 5 nitrogen and oxygen atoms in total. The van der Waals surface area contributed by atoms with E-state index in [0.717, 1.165) is 37.3 Å². The monoisotopic (exact) mass is 317 g/mol. The minimum absolute atomic E-state index is 0.0289. The maximum absolute atomic E-state index is 12.3. The molecule has 1 saturated heterocycles. The lowest BCUT2D eigenvalue weighted by atomic mass is 9.97. The minimum Gasteiger partial charge on any atom is -0.394 e. The maximum atomic E-state index is 12.3. The first-order valence-corrected chi connectivity index (χ1v) is 8.66. The van der Waals surface area contributed by atoms with E-state index in [1.54, 1.807) is 0 Å². The van der Waals surface area contributed by atoms with E-state index < -0.39 is 5.54 Å². The minimum atomic E-state index is -0.519. The number of amides is 2. The number of piperidine rings is 1. The molecule has 0 radical (unpaired) electrons. The standard InChI is InChI=1S/C18H27N3O2/c1-18(13-22,14-8-9-14)20-17(23)19-15-6-5-7-16(12-15)21-10-3-2-4-11-21/h5-7,12,14,22H,2-4,8-11,13H2,1H3,(H2,19,20,23). The van der Waals surface area contributed by atoms with Crippen LogP contribution in [0.4, 0.5) is 16.2 Å². The zero-order valence-corrected chi connectivity index (χ0v) is 13.8. The van der Waals surface area contributed by atoms with Crippen molar-refractivity contribution < 1.29 is 9.90 Å². The first kappa shape index (κ1) is 16.1. The second-order valence-electron chi connectivity index (χ2n) is 7.03. The second kappa shape index (κ2) is 6.79. The lowest BCUT2D eigenvalue weighted by Gasteiger charge is -2.30. The van der Waals surface area contributed by atoms with Crippen LogP contribution in [0, 0.1) is 5.92 Å². The third-order valence-electron chi connectivity index (χ3n) is 5.03. The summed E-state index contributed by atoms with van der Waals surface area (Å²) in [4.78, 5) is 14.6. The molecule has 0 aromatic heterocycles. The molecule has 1 aromatic carbocycles. The largest absolute Gasteiger partial charge is 0.394 e. The summed E-state index contributed by atoms with van der Waals surface area (Å²) in [5, 5.41) is 15.4. The van der Waals surface area contributed by atoms with E-state index in [9.17, 15) is 9.90 Å². The van der Waals surface area contributed by atoms with Crippen LogP contribution in [0.2, 0.25) is 0 Å². The topological polar surface area (TPSA) is 64.6 Å². The Labute approximate surface area is 138 Å². The molecule has 1 atom stereocenters. The number of urea groups is 1. The van der Waals surface area contributed by atoms with E-state index in [0.29, 0.717) is 5.92 Å². The summed E-state index contributed by atoms with van der Waals surface area (Å²) >= 11 is 0. The molecule has 5 heteroatoms. The lowest BCUT2D eigenvalue weighted by Crippen LogP contribution is -2.52. The molecule has 1 saturated carbocycles. The van der Waals surface area contributed by atoms with Gasteiger partial charge >= 0.3 is 6.03 Å². The van der Waals surface area contributed by atoms with Crippen molar-refractivity contribution >= 4 is 17.4 Å². The van der Waals surface area contributed by atoms with E-state index in [-0.39, 0.29) is 12.6 Å². The molecule has 1 aliphatic carbocycles. The van der Waals surface area contributed by atoms with Crippen LogP contribution in [-0.4, -0.2) is 36.4 Å². The van der Waals surface area contributed by atoms with Crippen LogP contribution >= 0.6 is 0 Å². The van der Waals surface area contributed by atoms with Gasteiger partial charge in [-0.1, -0.05) is 6.07 Å². The molecule has 3 N–H and O–H groups in total. The zero-order chi connectivity index (χ0) is 16.3. The first-order valence-electron chi connectivity index (χ1n) is 8.66. The average Bonchev–Trinajstić information content (AvgIpc) is 3.41. The smallest absolute Gasteiger partial charge is 0.319 e. The maximum Gasteiger partial charge on any atom is 0.319 e. The average molecular weight is 317 g/mol. The highest BCUT2D eigenvalue weighted by molar-refractivity contribution is 5.90. The van der Waals surface area contributed by atoms with Gasteiger partial charge in [0.15, 0.2) is 0 Å². The summed E-state index contributed by atoms with van der Waals surface area (Å²) in [6.07, 6.45) is 5.91. The Morgan fingerprint density at radius 1 is 1.30 bits per heavy atom. The number of hydrogen-bond donors (Lipinski definition) is 3. The molecule has 0 spiro atoms. The van der Waals surface area contributed by atoms with Gasteiger partial charge < -0.3 is 20.6 Å². The van der Waals surface area contributed by atoms with E-state index >= 15 is 0 Å². The highest BCUT2D eigenvalue weighted by Gasteiger charge is 2.42. The van der Waals surface area contributed by atoms with Gasteiger partial charge in [-0.25, -0.2) is 4.79 Å². The van der Waals surface area contributed by atoms with Crippen LogP contribution in [0.3, 0.4) is 0 Å². The Bertz CT molecular complexity index is 553. The molecule has 2 aliphatic rings. The van der Waals surface area contributed by atoms with Crippen LogP contribution in [0.25, 0.3) is 0 Å². The fraction of sp³-hybridized carbons (Fsp3) is 0.611. The first-order chi connectivity index (χ1) is 11.1. The number of benzene rings is 1. The van der Waals surface area contributed by atoms with Crippen molar-refractivity contribution in [2.45, 2.75) is 44.6 Å². The Balaban J connectivity index is 1.62. The predicted octanol–water partition coefficient (Wildman–Crippen LogP) is 2.96. The molecule has 0 bridgehead atoms. The predicted molar refractivity (Wildman–Crippen MR) is 92.9 cm³/mol. The van der Waals surface area contributed by atoms with Crippen LogP contribution in [0.1, 0.15) is 39.0 Å². The van der Waals surface area contributed by atoms with Gasteiger partial charge in [0.05, 0.1) is 12.1 Å². The molecule has 1 aliphatic heterocycles. The molecule has 3 rings (SSSR count). The third kappa shape index (κ3) is 3.96. The quantitative estimate of drug-likeness (QED) is 0.782. The molecule has 126 valence electrons. The summed E-state index contributed by atoms with van der Waals surface area (Å²) < 4.78 is 0. The number of aliphatic hydroxyl groups excluding tert-OH is 1. The van der Waals surface area contributed by atoms with Gasteiger partial charge in [0.25, 0.3) is 0 Å². The number of nitrogens with one attached hydrogen (secondary N) is 2. The summed E-state index contributed by atoms with van der Waals surface area (Å²) in [6, 6.07) is 7.75. The second-order valence-corrected chi connectivity index (χ2v) is 7.03. The Kier molecular flexibility index (Phi) is 4.76. The van der Waals surface area contributed by atoms with E-state index in [1.807, 2.05) is 25.1 Å². The Morgan fingerprint density at radius 2 is 2.04 bits per heavy atom. The van der Waals surface area contributed by atoms with E-state index in [2.05, 4.69) is 21.6 Å². The highest BCUT2D eigenvalue weighted by Crippen LogP contribution is 2.39. The number of carbonyl (C=O) groups is 1. The van der Waals surface area contributed by atoms with Gasteiger partial charge in [-0.15, -0.1) is 0 Å². The zero-order valence-electron chi connectivity index (χ0n) is 13.8. The number of carbonyl (C=O) groups excluding carboxylic acids is 1. The van der Waals surface area contributed by atoms with Crippen molar-refractivity contribution in [2.24, 2.45) is 5.92 Å².